The minimum absolute atomic E-state index is 0.0231. The van der Waals surface area contributed by atoms with E-state index >= 15 is 0 Å². The van der Waals surface area contributed by atoms with Crippen molar-refractivity contribution in [3.63, 3.8) is 0 Å². The lowest BCUT2D eigenvalue weighted by Crippen LogP contribution is -2.33. The SMILES string of the molecule is Cc1cccc(NC(=O)C2Cc3ccccc3N2)c1C. The Kier molecular flexibility index (Phi) is 3.18. The van der Waals surface area contributed by atoms with E-state index in [1.165, 1.54) is 11.1 Å². The Labute approximate surface area is 119 Å². The van der Waals surface area contributed by atoms with Crippen LogP contribution in [0.1, 0.15) is 16.7 Å². The van der Waals surface area contributed by atoms with Gasteiger partial charge in [0.1, 0.15) is 6.04 Å². The molecule has 0 fully saturated rings. The largest absolute Gasteiger partial charge is 0.373 e. The molecule has 1 aliphatic heterocycles. The summed E-state index contributed by atoms with van der Waals surface area (Å²) in [5.74, 6) is 0.0231. The number of hydrogen-bond donors (Lipinski definition) is 2. The van der Waals surface area contributed by atoms with Gasteiger partial charge in [0.05, 0.1) is 0 Å². The number of para-hydroxylation sites is 1. The van der Waals surface area contributed by atoms with E-state index in [0.29, 0.717) is 0 Å². The molecular weight excluding hydrogens is 248 g/mol. The van der Waals surface area contributed by atoms with Crippen molar-refractivity contribution in [3.05, 3.63) is 59.2 Å². The maximum Gasteiger partial charge on any atom is 0.247 e. The molecule has 1 atom stereocenters. The quantitative estimate of drug-likeness (QED) is 0.876. The molecule has 0 spiro atoms. The van der Waals surface area contributed by atoms with Gasteiger partial charge in [0.2, 0.25) is 5.91 Å². The lowest BCUT2D eigenvalue weighted by Gasteiger charge is -2.14. The molecule has 2 aromatic carbocycles. The number of amides is 1. The maximum atomic E-state index is 12.4. The highest BCUT2D eigenvalue weighted by Crippen LogP contribution is 2.26. The monoisotopic (exact) mass is 266 g/mol. The Balaban J connectivity index is 1.74. The van der Waals surface area contributed by atoms with Crippen LogP contribution in [0.4, 0.5) is 11.4 Å². The van der Waals surface area contributed by atoms with Crippen LogP contribution in [0, 0.1) is 13.8 Å². The molecule has 0 saturated heterocycles. The van der Waals surface area contributed by atoms with E-state index in [-0.39, 0.29) is 11.9 Å². The maximum absolute atomic E-state index is 12.4. The molecule has 2 aromatic rings. The van der Waals surface area contributed by atoms with Crippen LogP contribution < -0.4 is 10.6 Å². The molecular formula is C17H18N2O. The van der Waals surface area contributed by atoms with E-state index in [1.54, 1.807) is 0 Å². The first-order valence-electron chi connectivity index (χ1n) is 6.86. The van der Waals surface area contributed by atoms with E-state index in [1.807, 2.05) is 37.3 Å². The first kappa shape index (κ1) is 12.7. The molecule has 2 N–H and O–H groups in total. The number of carbonyl (C=O) groups is 1. The average Bonchev–Trinajstić information content (AvgIpc) is 2.88. The Morgan fingerprint density at radius 3 is 2.75 bits per heavy atom. The smallest absolute Gasteiger partial charge is 0.247 e. The molecule has 1 unspecified atom stereocenters. The molecule has 0 radical (unpaired) electrons. The van der Waals surface area contributed by atoms with E-state index in [4.69, 9.17) is 0 Å². The van der Waals surface area contributed by atoms with Crippen molar-refractivity contribution in [2.75, 3.05) is 10.6 Å². The molecule has 0 bridgehead atoms. The van der Waals surface area contributed by atoms with Gasteiger partial charge >= 0.3 is 0 Å². The Morgan fingerprint density at radius 2 is 1.95 bits per heavy atom. The Morgan fingerprint density at radius 1 is 1.15 bits per heavy atom. The summed E-state index contributed by atoms with van der Waals surface area (Å²) in [6.07, 6.45) is 0.743. The Bertz CT molecular complexity index is 639. The summed E-state index contributed by atoms with van der Waals surface area (Å²) in [7, 11) is 0. The van der Waals surface area contributed by atoms with Crippen molar-refractivity contribution < 1.29 is 4.79 Å². The van der Waals surface area contributed by atoms with Crippen LogP contribution in [0.25, 0.3) is 0 Å². The van der Waals surface area contributed by atoms with Crippen LogP contribution in [0.5, 0.6) is 0 Å². The topological polar surface area (TPSA) is 41.1 Å². The summed E-state index contributed by atoms with van der Waals surface area (Å²) in [6, 6.07) is 13.8. The first-order chi connectivity index (χ1) is 9.65. The second kappa shape index (κ2) is 5.00. The molecule has 3 nitrogen and oxygen atoms in total. The molecule has 102 valence electrons. The number of aryl methyl sites for hydroxylation is 1. The van der Waals surface area contributed by atoms with Gasteiger partial charge in [-0.2, -0.15) is 0 Å². The van der Waals surface area contributed by atoms with Crippen molar-refractivity contribution in [2.24, 2.45) is 0 Å². The van der Waals surface area contributed by atoms with Gasteiger partial charge in [-0.3, -0.25) is 4.79 Å². The minimum Gasteiger partial charge on any atom is -0.373 e. The van der Waals surface area contributed by atoms with Crippen LogP contribution in [-0.2, 0) is 11.2 Å². The highest BCUT2D eigenvalue weighted by atomic mass is 16.2. The zero-order valence-electron chi connectivity index (χ0n) is 11.7. The predicted molar refractivity (Wildman–Crippen MR) is 82.1 cm³/mol. The summed E-state index contributed by atoms with van der Waals surface area (Å²) in [4.78, 5) is 12.4. The normalized spacial score (nSPS) is 16.4. The highest BCUT2D eigenvalue weighted by Gasteiger charge is 2.26. The zero-order valence-corrected chi connectivity index (χ0v) is 11.7. The molecule has 0 aliphatic carbocycles. The van der Waals surface area contributed by atoms with Gasteiger partial charge in [-0.05, 0) is 42.7 Å². The zero-order chi connectivity index (χ0) is 14.1. The summed E-state index contributed by atoms with van der Waals surface area (Å²) in [6.45, 7) is 4.08. The van der Waals surface area contributed by atoms with E-state index in [2.05, 4.69) is 29.7 Å². The fourth-order valence-corrected chi connectivity index (χ4v) is 2.56. The van der Waals surface area contributed by atoms with Crippen molar-refractivity contribution in [1.29, 1.82) is 0 Å². The van der Waals surface area contributed by atoms with Crippen molar-refractivity contribution >= 4 is 17.3 Å². The lowest BCUT2D eigenvalue weighted by molar-refractivity contribution is -0.116. The summed E-state index contributed by atoms with van der Waals surface area (Å²) < 4.78 is 0. The molecule has 20 heavy (non-hydrogen) atoms. The lowest BCUT2D eigenvalue weighted by atomic mass is 10.1. The third kappa shape index (κ3) is 2.27. The predicted octanol–water partition coefficient (Wildman–Crippen LogP) is 3.28. The third-order valence-corrected chi connectivity index (χ3v) is 3.95. The molecule has 0 aromatic heterocycles. The molecule has 1 amide bonds. The summed E-state index contributed by atoms with van der Waals surface area (Å²) >= 11 is 0. The number of rotatable bonds is 2. The summed E-state index contributed by atoms with van der Waals surface area (Å²) in [5.41, 5.74) is 5.47. The number of carbonyl (C=O) groups excluding carboxylic acids is 1. The third-order valence-electron chi connectivity index (χ3n) is 3.95. The first-order valence-corrected chi connectivity index (χ1v) is 6.86. The second-order valence-electron chi connectivity index (χ2n) is 5.29. The number of anilines is 2. The average molecular weight is 266 g/mol. The van der Waals surface area contributed by atoms with Gasteiger partial charge in [-0.15, -0.1) is 0 Å². The number of fused-ring (bicyclic) bond motifs is 1. The van der Waals surface area contributed by atoms with Crippen LogP contribution in [0.3, 0.4) is 0 Å². The van der Waals surface area contributed by atoms with Gasteiger partial charge in [0.15, 0.2) is 0 Å². The van der Waals surface area contributed by atoms with E-state index < -0.39 is 0 Å². The fraction of sp³-hybridized carbons (Fsp3) is 0.235. The van der Waals surface area contributed by atoms with Gasteiger partial charge in [0, 0.05) is 17.8 Å². The van der Waals surface area contributed by atoms with Crippen molar-refractivity contribution in [2.45, 2.75) is 26.3 Å². The van der Waals surface area contributed by atoms with Crippen molar-refractivity contribution in [1.82, 2.24) is 0 Å². The summed E-state index contributed by atoms with van der Waals surface area (Å²) in [5, 5.41) is 6.30. The standard InChI is InChI=1S/C17H18N2O/c1-11-6-5-9-14(12(11)2)19-17(20)16-10-13-7-3-4-8-15(13)18-16/h3-9,16,18H,10H2,1-2H3,(H,19,20). The van der Waals surface area contributed by atoms with Gasteiger partial charge in [0.25, 0.3) is 0 Å². The van der Waals surface area contributed by atoms with Gasteiger partial charge in [-0.1, -0.05) is 30.3 Å². The number of hydrogen-bond acceptors (Lipinski definition) is 2. The van der Waals surface area contributed by atoms with Crippen LogP contribution in [0.2, 0.25) is 0 Å². The fourth-order valence-electron chi connectivity index (χ4n) is 2.56. The molecule has 3 heteroatoms. The molecule has 3 rings (SSSR count). The Hall–Kier alpha value is -2.29. The van der Waals surface area contributed by atoms with Crippen LogP contribution in [-0.4, -0.2) is 11.9 Å². The molecule has 0 saturated carbocycles. The minimum atomic E-state index is -0.188. The number of nitrogens with one attached hydrogen (secondary N) is 2. The van der Waals surface area contributed by atoms with Crippen molar-refractivity contribution in [3.8, 4) is 0 Å². The van der Waals surface area contributed by atoms with Gasteiger partial charge < -0.3 is 10.6 Å². The van der Waals surface area contributed by atoms with Crippen LogP contribution in [0.15, 0.2) is 42.5 Å². The van der Waals surface area contributed by atoms with Crippen LogP contribution >= 0.6 is 0 Å². The van der Waals surface area contributed by atoms with E-state index in [0.717, 1.165) is 23.4 Å². The highest BCUT2D eigenvalue weighted by molar-refractivity contribution is 5.98. The van der Waals surface area contributed by atoms with E-state index in [9.17, 15) is 4.79 Å². The number of benzene rings is 2. The molecule has 1 heterocycles. The van der Waals surface area contributed by atoms with Gasteiger partial charge in [-0.25, -0.2) is 0 Å². The second-order valence-corrected chi connectivity index (χ2v) is 5.29. The molecule has 1 aliphatic rings.